The van der Waals surface area contributed by atoms with Crippen LogP contribution in [0, 0.1) is 0 Å². The summed E-state index contributed by atoms with van der Waals surface area (Å²) in [6, 6.07) is 0.412. The van der Waals surface area contributed by atoms with Crippen LogP contribution in [0.4, 0.5) is 0 Å². The SMILES string of the molecule is CCCOC1CCCN(C(=O)CC2CCCN2)C1. The molecule has 2 aliphatic rings. The molecule has 2 unspecified atom stereocenters. The van der Waals surface area contributed by atoms with Gasteiger partial charge < -0.3 is 15.0 Å². The van der Waals surface area contributed by atoms with Gasteiger partial charge in [-0.3, -0.25) is 4.79 Å². The molecule has 0 aliphatic carbocycles. The molecule has 0 bridgehead atoms. The highest BCUT2D eigenvalue weighted by Gasteiger charge is 2.26. The van der Waals surface area contributed by atoms with Crippen LogP contribution < -0.4 is 5.32 Å². The maximum absolute atomic E-state index is 12.2. The average Bonchev–Trinajstić information content (AvgIpc) is 2.89. The Balaban J connectivity index is 1.74. The molecule has 1 amide bonds. The number of likely N-dealkylation sites (tertiary alicyclic amines) is 1. The summed E-state index contributed by atoms with van der Waals surface area (Å²) in [4.78, 5) is 14.2. The molecule has 0 aromatic carbocycles. The van der Waals surface area contributed by atoms with Gasteiger partial charge in [0.05, 0.1) is 6.10 Å². The summed E-state index contributed by atoms with van der Waals surface area (Å²) in [6.45, 7) is 5.72. The van der Waals surface area contributed by atoms with Gasteiger partial charge >= 0.3 is 0 Å². The lowest BCUT2D eigenvalue weighted by Crippen LogP contribution is -2.45. The van der Waals surface area contributed by atoms with Gasteiger partial charge in [-0.05, 0) is 38.6 Å². The molecule has 2 atom stereocenters. The smallest absolute Gasteiger partial charge is 0.224 e. The zero-order chi connectivity index (χ0) is 12.8. The highest BCUT2D eigenvalue weighted by molar-refractivity contribution is 5.77. The van der Waals surface area contributed by atoms with Gasteiger partial charge in [-0.15, -0.1) is 0 Å². The molecule has 0 saturated carbocycles. The lowest BCUT2D eigenvalue weighted by molar-refractivity contribution is -0.135. The minimum Gasteiger partial charge on any atom is -0.376 e. The molecular weight excluding hydrogens is 228 g/mol. The van der Waals surface area contributed by atoms with Crippen molar-refractivity contribution in [3.05, 3.63) is 0 Å². The van der Waals surface area contributed by atoms with Gasteiger partial charge in [0.2, 0.25) is 5.91 Å². The topological polar surface area (TPSA) is 41.6 Å². The van der Waals surface area contributed by atoms with Crippen molar-refractivity contribution >= 4 is 5.91 Å². The van der Waals surface area contributed by atoms with Gasteiger partial charge in [0, 0.05) is 32.2 Å². The average molecular weight is 254 g/mol. The van der Waals surface area contributed by atoms with Crippen LogP contribution >= 0.6 is 0 Å². The van der Waals surface area contributed by atoms with E-state index in [0.717, 1.165) is 51.9 Å². The van der Waals surface area contributed by atoms with Crippen molar-refractivity contribution in [3.63, 3.8) is 0 Å². The number of nitrogens with one attached hydrogen (secondary N) is 1. The highest BCUT2D eigenvalue weighted by atomic mass is 16.5. The summed E-state index contributed by atoms with van der Waals surface area (Å²) in [5.74, 6) is 0.305. The predicted molar refractivity (Wildman–Crippen MR) is 71.5 cm³/mol. The summed E-state index contributed by atoms with van der Waals surface area (Å²) < 4.78 is 5.77. The summed E-state index contributed by atoms with van der Waals surface area (Å²) in [5, 5.41) is 3.39. The Morgan fingerprint density at radius 3 is 3.00 bits per heavy atom. The van der Waals surface area contributed by atoms with E-state index in [1.165, 1.54) is 6.42 Å². The van der Waals surface area contributed by atoms with E-state index >= 15 is 0 Å². The fraction of sp³-hybridized carbons (Fsp3) is 0.929. The number of hydrogen-bond donors (Lipinski definition) is 1. The minimum absolute atomic E-state index is 0.263. The van der Waals surface area contributed by atoms with E-state index in [0.29, 0.717) is 18.4 Å². The molecule has 2 saturated heterocycles. The number of amides is 1. The maximum atomic E-state index is 12.2. The molecule has 1 N–H and O–H groups in total. The molecule has 4 heteroatoms. The Morgan fingerprint density at radius 2 is 2.28 bits per heavy atom. The fourth-order valence-corrected chi connectivity index (χ4v) is 2.86. The van der Waals surface area contributed by atoms with E-state index in [-0.39, 0.29) is 6.10 Å². The monoisotopic (exact) mass is 254 g/mol. The third-order valence-electron chi connectivity index (χ3n) is 3.87. The van der Waals surface area contributed by atoms with Crippen molar-refractivity contribution in [1.29, 1.82) is 0 Å². The molecule has 4 nitrogen and oxygen atoms in total. The second kappa shape index (κ2) is 7.10. The highest BCUT2D eigenvalue weighted by Crippen LogP contribution is 2.17. The van der Waals surface area contributed by atoms with Crippen LogP contribution in [0.25, 0.3) is 0 Å². The first kappa shape index (κ1) is 13.8. The number of carbonyl (C=O) groups excluding carboxylic acids is 1. The summed E-state index contributed by atoms with van der Waals surface area (Å²) in [6.07, 6.45) is 6.52. The minimum atomic E-state index is 0.263. The standard InChI is InChI=1S/C14H26N2O2/c1-2-9-18-13-6-4-8-16(11-13)14(17)10-12-5-3-7-15-12/h12-13,15H,2-11H2,1H3. The van der Waals surface area contributed by atoms with Crippen LogP contribution in [-0.2, 0) is 9.53 Å². The first-order chi connectivity index (χ1) is 8.79. The number of hydrogen-bond acceptors (Lipinski definition) is 3. The summed E-state index contributed by atoms with van der Waals surface area (Å²) >= 11 is 0. The molecule has 18 heavy (non-hydrogen) atoms. The molecule has 0 radical (unpaired) electrons. The molecule has 2 heterocycles. The van der Waals surface area contributed by atoms with Crippen molar-refractivity contribution in [2.75, 3.05) is 26.2 Å². The third-order valence-corrected chi connectivity index (χ3v) is 3.87. The zero-order valence-electron chi connectivity index (χ0n) is 11.5. The van der Waals surface area contributed by atoms with Crippen molar-refractivity contribution in [2.24, 2.45) is 0 Å². The quantitative estimate of drug-likeness (QED) is 0.809. The van der Waals surface area contributed by atoms with E-state index in [1.54, 1.807) is 0 Å². The van der Waals surface area contributed by atoms with Crippen LogP contribution in [0.1, 0.15) is 45.4 Å². The second-order valence-corrected chi connectivity index (χ2v) is 5.47. The largest absolute Gasteiger partial charge is 0.376 e. The lowest BCUT2D eigenvalue weighted by atomic mass is 10.1. The van der Waals surface area contributed by atoms with Crippen LogP contribution in [0.2, 0.25) is 0 Å². The maximum Gasteiger partial charge on any atom is 0.224 e. The third kappa shape index (κ3) is 3.95. The zero-order valence-corrected chi connectivity index (χ0v) is 11.5. The molecule has 2 aliphatic heterocycles. The van der Waals surface area contributed by atoms with E-state index < -0.39 is 0 Å². The van der Waals surface area contributed by atoms with Crippen molar-refractivity contribution in [2.45, 2.75) is 57.6 Å². The molecule has 2 rings (SSSR count). The number of nitrogens with zero attached hydrogens (tertiary/aromatic N) is 1. The van der Waals surface area contributed by atoms with Gasteiger partial charge in [-0.25, -0.2) is 0 Å². The fourth-order valence-electron chi connectivity index (χ4n) is 2.86. The van der Waals surface area contributed by atoms with E-state index in [4.69, 9.17) is 4.74 Å². The molecule has 2 fully saturated rings. The van der Waals surface area contributed by atoms with E-state index in [2.05, 4.69) is 12.2 Å². The van der Waals surface area contributed by atoms with Gasteiger partial charge in [-0.1, -0.05) is 6.92 Å². The molecule has 0 spiro atoms. The van der Waals surface area contributed by atoms with Crippen molar-refractivity contribution < 1.29 is 9.53 Å². The first-order valence-corrected chi connectivity index (χ1v) is 7.42. The molecule has 0 aromatic heterocycles. The van der Waals surface area contributed by atoms with Crippen molar-refractivity contribution in [3.8, 4) is 0 Å². The van der Waals surface area contributed by atoms with Gasteiger partial charge in [0.1, 0.15) is 0 Å². The molecular formula is C14H26N2O2. The van der Waals surface area contributed by atoms with Gasteiger partial charge in [0.25, 0.3) is 0 Å². The van der Waals surface area contributed by atoms with Crippen LogP contribution in [0.5, 0.6) is 0 Å². The van der Waals surface area contributed by atoms with Crippen LogP contribution in [0.15, 0.2) is 0 Å². The Morgan fingerprint density at radius 1 is 1.39 bits per heavy atom. The molecule has 104 valence electrons. The second-order valence-electron chi connectivity index (χ2n) is 5.47. The normalized spacial score (nSPS) is 28.6. The first-order valence-electron chi connectivity index (χ1n) is 7.42. The predicted octanol–water partition coefficient (Wildman–Crippen LogP) is 1.55. The number of ether oxygens (including phenoxy) is 1. The van der Waals surface area contributed by atoms with Crippen LogP contribution in [-0.4, -0.2) is 49.2 Å². The summed E-state index contributed by atoms with van der Waals surface area (Å²) in [5.41, 5.74) is 0. The van der Waals surface area contributed by atoms with E-state index in [1.807, 2.05) is 4.90 Å². The number of piperidine rings is 1. The lowest BCUT2D eigenvalue weighted by Gasteiger charge is -2.33. The number of rotatable bonds is 5. The Hall–Kier alpha value is -0.610. The molecule has 0 aromatic rings. The Labute approximate surface area is 110 Å². The van der Waals surface area contributed by atoms with Gasteiger partial charge in [-0.2, -0.15) is 0 Å². The van der Waals surface area contributed by atoms with Crippen molar-refractivity contribution in [1.82, 2.24) is 10.2 Å². The number of carbonyl (C=O) groups is 1. The Bertz CT molecular complexity index is 265. The van der Waals surface area contributed by atoms with E-state index in [9.17, 15) is 4.79 Å². The Kier molecular flexibility index (Phi) is 5.45. The summed E-state index contributed by atoms with van der Waals surface area (Å²) in [7, 11) is 0. The van der Waals surface area contributed by atoms with Crippen LogP contribution in [0.3, 0.4) is 0 Å². The van der Waals surface area contributed by atoms with Gasteiger partial charge in [0.15, 0.2) is 0 Å².